The Bertz CT molecular complexity index is 487. The predicted octanol–water partition coefficient (Wildman–Crippen LogP) is 3.05. The van der Waals surface area contributed by atoms with Gasteiger partial charge in [-0.1, -0.05) is 24.3 Å². The fraction of sp³-hybridized carbons (Fsp3) is 0.562. The van der Waals surface area contributed by atoms with Crippen molar-refractivity contribution in [2.45, 2.75) is 57.7 Å². The molecule has 1 fully saturated rings. The second-order valence-corrected chi connectivity index (χ2v) is 6.57. The van der Waals surface area contributed by atoms with E-state index >= 15 is 0 Å². The Balaban J connectivity index is 1.93. The molecule has 1 amide bonds. The highest BCUT2D eigenvalue weighted by molar-refractivity contribution is 5.67. The van der Waals surface area contributed by atoms with Crippen molar-refractivity contribution < 1.29 is 9.53 Å². The Kier molecular flexibility index (Phi) is 4.04. The van der Waals surface area contributed by atoms with Crippen LogP contribution in [0.4, 0.5) is 4.79 Å². The normalized spacial score (nSPS) is 17.2. The number of nitrogens with one attached hydrogen (secondary N) is 1. The number of benzene rings is 1. The quantitative estimate of drug-likeness (QED) is 0.891. The van der Waals surface area contributed by atoms with E-state index in [2.05, 4.69) is 17.4 Å². The standard InChI is InChI=1S/C16H24N2O2/c1-15(2,3)20-14(19)18-11-12-6-4-7-13(10-12)16(17)8-5-9-16/h4,6-7,10H,5,8-9,11,17H2,1-3H3,(H,18,19). The summed E-state index contributed by atoms with van der Waals surface area (Å²) in [6.45, 7) is 6.00. The minimum atomic E-state index is -0.473. The van der Waals surface area contributed by atoms with Crippen LogP contribution in [0, 0.1) is 0 Å². The van der Waals surface area contributed by atoms with Gasteiger partial charge in [0.15, 0.2) is 0 Å². The number of amides is 1. The maximum atomic E-state index is 11.6. The summed E-state index contributed by atoms with van der Waals surface area (Å²) in [5.41, 5.74) is 7.89. The lowest BCUT2D eigenvalue weighted by Crippen LogP contribution is -2.43. The summed E-state index contributed by atoms with van der Waals surface area (Å²) in [6, 6.07) is 8.13. The van der Waals surface area contributed by atoms with E-state index in [1.165, 1.54) is 6.42 Å². The van der Waals surface area contributed by atoms with Crippen molar-refractivity contribution in [1.29, 1.82) is 0 Å². The van der Waals surface area contributed by atoms with Gasteiger partial charge in [-0.15, -0.1) is 0 Å². The van der Waals surface area contributed by atoms with Crippen LogP contribution in [0.2, 0.25) is 0 Å². The minimum absolute atomic E-state index is 0.165. The van der Waals surface area contributed by atoms with Crippen molar-refractivity contribution in [2.24, 2.45) is 5.73 Å². The molecule has 0 atom stereocenters. The lowest BCUT2D eigenvalue weighted by molar-refractivity contribution is 0.0523. The Morgan fingerprint density at radius 2 is 2.10 bits per heavy atom. The summed E-state index contributed by atoms with van der Waals surface area (Å²) in [5.74, 6) is 0. The molecule has 3 N–H and O–H groups in total. The van der Waals surface area contributed by atoms with Crippen molar-refractivity contribution in [1.82, 2.24) is 5.32 Å². The van der Waals surface area contributed by atoms with Crippen LogP contribution in [-0.4, -0.2) is 11.7 Å². The number of ether oxygens (including phenoxy) is 1. The molecule has 0 saturated heterocycles. The molecule has 0 unspecified atom stereocenters. The third-order valence-electron chi connectivity index (χ3n) is 3.58. The van der Waals surface area contributed by atoms with Crippen molar-refractivity contribution >= 4 is 6.09 Å². The Morgan fingerprint density at radius 3 is 2.65 bits per heavy atom. The van der Waals surface area contributed by atoms with Crippen LogP contribution >= 0.6 is 0 Å². The molecule has 1 saturated carbocycles. The number of hydrogen-bond acceptors (Lipinski definition) is 3. The third kappa shape index (κ3) is 3.73. The SMILES string of the molecule is CC(C)(C)OC(=O)NCc1cccc(C2(N)CCC2)c1. The second kappa shape index (κ2) is 5.44. The lowest BCUT2D eigenvalue weighted by Gasteiger charge is -2.38. The van der Waals surface area contributed by atoms with E-state index in [0.29, 0.717) is 6.54 Å². The minimum Gasteiger partial charge on any atom is -0.444 e. The van der Waals surface area contributed by atoms with Gasteiger partial charge < -0.3 is 15.8 Å². The van der Waals surface area contributed by atoms with Crippen LogP contribution in [-0.2, 0) is 16.8 Å². The molecule has 110 valence electrons. The van der Waals surface area contributed by atoms with Crippen molar-refractivity contribution in [2.75, 3.05) is 0 Å². The molecule has 0 aliphatic heterocycles. The molecule has 0 bridgehead atoms. The van der Waals surface area contributed by atoms with E-state index in [1.54, 1.807) is 0 Å². The summed E-state index contributed by atoms with van der Waals surface area (Å²) in [5, 5.41) is 2.77. The zero-order chi connectivity index (χ0) is 14.8. The Labute approximate surface area is 120 Å². The fourth-order valence-electron chi connectivity index (χ4n) is 2.33. The highest BCUT2D eigenvalue weighted by Crippen LogP contribution is 2.38. The highest BCUT2D eigenvalue weighted by atomic mass is 16.6. The second-order valence-electron chi connectivity index (χ2n) is 6.57. The zero-order valence-corrected chi connectivity index (χ0v) is 12.5. The lowest BCUT2D eigenvalue weighted by atomic mass is 9.72. The van der Waals surface area contributed by atoms with E-state index < -0.39 is 11.7 Å². The number of carbonyl (C=O) groups is 1. The van der Waals surface area contributed by atoms with Crippen molar-refractivity contribution in [3.63, 3.8) is 0 Å². The molecule has 1 aromatic rings. The molecule has 0 radical (unpaired) electrons. The summed E-state index contributed by atoms with van der Waals surface area (Å²) < 4.78 is 5.21. The number of hydrogen-bond donors (Lipinski definition) is 2. The molecule has 0 spiro atoms. The summed E-state index contributed by atoms with van der Waals surface area (Å²) in [6.07, 6.45) is 2.87. The molecule has 1 aliphatic carbocycles. The van der Waals surface area contributed by atoms with E-state index in [4.69, 9.17) is 10.5 Å². The zero-order valence-electron chi connectivity index (χ0n) is 12.5. The molecule has 4 nitrogen and oxygen atoms in total. The van der Waals surface area contributed by atoms with Gasteiger partial charge in [0.1, 0.15) is 5.60 Å². The topological polar surface area (TPSA) is 64.3 Å². The first kappa shape index (κ1) is 14.9. The Morgan fingerprint density at radius 1 is 1.40 bits per heavy atom. The summed E-state index contributed by atoms with van der Waals surface area (Å²) >= 11 is 0. The fourth-order valence-corrected chi connectivity index (χ4v) is 2.33. The Hall–Kier alpha value is -1.55. The predicted molar refractivity (Wildman–Crippen MR) is 79.2 cm³/mol. The number of alkyl carbamates (subject to hydrolysis) is 1. The maximum absolute atomic E-state index is 11.6. The van der Waals surface area contributed by atoms with Gasteiger partial charge in [-0.25, -0.2) is 4.79 Å². The van der Waals surface area contributed by atoms with E-state index in [1.807, 2.05) is 32.9 Å². The molecule has 20 heavy (non-hydrogen) atoms. The molecule has 0 heterocycles. The maximum Gasteiger partial charge on any atom is 0.407 e. The van der Waals surface area contributed by atoms with Crippen LogP contribution in [0.1, 0.15) is 51.2 Å². The van der Waals surface area contributed by atoms with E-state index in [0.717, 1.165) is 24.0 Å². The van der Waals surface area contributed by atoms with Gasteiger partial charge in [-0.2, -0.15) is 0 Å². The molecular weight excluding hydrogens is 252 g/mol. The van der Waals surface area contributed by atoms with Gasteiger partial charge in [-0.3, -0.25) is 0 Å². The van der Waals surface area contributed by atoms with Gasteiger partial charge in [0, 0.05) is 12.1 Å². The average molecular weight is 276 g/mol. The first-order valence-electron chi connectivity index (χ1n) is 7.14. The van der Waals surface area contributed by atoms with Gasteiger partial charge in [0.25, 0.3) is 0 Å². The van der Waals surface area contributed by atoms with Crippen LogP contribution in [0.15, 0.2) is 24.3 Å². The molecule has 1 aromatic carbocycles. The highest BCUT2D eigenvalue weighted by Gasteiger charge is 2.34. The van der Waals surface area contributed by atoms with Crippen LogP contribution in [0.5, 0.6) is 0 Å². The van der Waals surface area contributed by atoms with E-state index in [9.17, 15) is 4.79 Å². The summed E-state index contributed by atoms with van der Waals surface area (Å²) in [4.78, 5) is 11.6. The molecule has 0 aromatic heterocycles. The summed E-state index contributed by atoms with van der Waals surface area (Å²) in [7, 11) is 0. The third-order valence-corrected chi connectivity index (χ3v) is 3.58. The van der Waals surface area contributed by atoms with Gasteiger partial charge in [0.05, 0.1) is 0 Å². The molecular formula is C16H24N2O2. The van der Waals surface area contributed by atoms with Gasteiger partial charge in [-0.05, 0) is 51.2 Å². The molecule has 2 rings (SSSR count). The number of rotatable bonds is 3. The monoisotopic (exact) mass is 276 g/mol. The van der Waals surface area contributed by atoms with E-state index in [-0.39, 0.29) is 5.54 Å². The largest absolute Gasteiger partial charge is 0.444 e. The first-order valence-corrected chi connectivity index (χ1v) is 7.14. The van der Waals surface area contributed by atoms with Crippen LogP contribution in [0.3, 0.4) is 0 Å². The smallest absolute Gasteiger partial charge is 0.407 e. The van der Waals surface area contributed by atoms with Crippen LogP contribution in [0.25, 0.3) is 0 Å². The van der Waals surface area contributed by atoms with Crippen molar-refractivity contribution in [3.8, 4) is 0 Å². The first-order chi connectivity index (χ1) is 9.28. The molecule has 1 aliphatic rings. The molecule has 4 heteroatoms. The average Bonchev–Trinajstić information content (AvgIpc) is 2.32. The van der Waals surface area contributed by atoms with Gasteiger partial charge >= 0.3 is 6.09 Å². The van der Waals surface area contributed by atoms with Crippen LogP contribution < -0.4 is 11.1 Å². The number of nitrogens with two attached hydrogens (primary N) is 1. The van der Waals surface area contributed by atoms with Crippen molar-refractivity contribution in [3.05, 3.63) is 35.4 Å². The van der Waals surface area contributed by atoms with Gasteiger partial charge in [0.2, 0.25) is 0 Å². The number of carbonyl (C=O) groups excluding carboxylic acids is 1.